The minimum atomic E-state index is -3.15. The van der Waals surface area contributed by atoms with Gasteiger partial charge in [-0.15, -0.1) is 0 Å². The average Bonchev–Trinajstić information content (AvgIpc) is 3.17. The molecule has 0 bridgehead atoms. The zero-order valence-corrected chi connectivity index (χ0v) is 17.4. The van der Waals surface area contributed by atoms with E-state index in [9.17, 15) is 13.2 Å². The number of amides is 1. The number of carbonyl (C=O) groups excluding carboxylic acids is 1. The smallest absolute Gasteiger partial charge is 0.228 e. The number of benzene rings is 1. The fraction of sp³-hybridized carbons (Fsp3) is 0.526. The van der Waals surface area contributed by atoms with Crippen LogP contribution in [-0.4, -0.2) is 61.8 Å². The van der Waals surface area contributed by atoms with Crippen molar-refractivity contribution in [3.05, 3.63) is 41.5 Å². The SMILES string of the molecule is COc1ccc(CC(=O)NCCc2nc(C3CCN(S(C)(=O)=O)CC3)no2)cc1. The largest absolute Gasteiger partial charge is 0.497 e. The Morgan fingerprint density at radius 3 is 2.59 bits per heavy atom. The van der Waals surface area contributed by atoms with Gasteiger partial charge in [-0.1, -0.05) is 17.3 Å². The van der Waals surface area contributed by atoms with E-state index in [0.29, 0.717) is 50.6 Å². The van der Waals surface area contributed by atoms with Gasteiger partial charge < -0.3 is 14.6 Å². The highest BCUT2D eigenvalue weighted by molar-refractivity contribution is 7.88. The molecule has 0 atom stereocenters. The fourth-order valence-electron chi connectivity index (χ4n) is 3.28. The van der Waals surface area contributed by atoms with Crippen molar-refractivity contribution in [3.63, 3.8) is 0 Å². The van der Waals surface area contributed by atoms with Crippen LogP contribution in [0.5, 0.6) is 5.75 Å². The van der Waals surface area contributed by atoms with Gasteiger partial charge in [-0.25, -0.2) is 12.7 Å². The first-order valence-electron chi connectivity index (χ1n) is 9.52. The number of piperidine rings is 1. The van der Waals surface area contributed by atoms with E-state index in [-0.39, 0.29) is 18.2 Å². The maximum atomic E-state index is 12.1. The van der Waals surface area contributed by atoms with Gasteiger partial charge in [0.2, 0.25) is 21.8 Å². The standard InChI is InChI=1S/C19H26N4O5S/c1-27-16-5-3-14(4-6-16)13-17(24)20-10-7-18-21-19(22-28-18)15-8-11-23(12-9-15)29(2,25)26/h3-6,15H,7-13H2,1-2H3,(H,20,24). The number of aromatic nitrogens is 2. The van der Waals surface area contributed by atoms with Gasteiger partial charge in [0.25, 0.3) is 0 Å². The normalized spacial score (nSPS) is 15.9. The lowest BCUT2D eigenvalue weighted by molar-refractivity contribution is -0.120. The van der Waals surface area contributed by atoms with Crippen LogP contribution in [0.3, 0.4) is 0 Å². The summed E-state index contributed by atoms with van der Waals surface area (Å²) in [6.07, 6.45) is 3.31. The number of carbonyl (C=O) groups is 1. The van der Waals surface area contributed by atoms with E-state index >= 15 is 0 Å². The second kappa shape index (κ2) is 9.36. The summed E-state index contributed by atoms with van der Waals surface area (Å²) in [7, 11) is -1.55. The molecule has 1 aliphatic rings. The van der Waals surface area contributed by atoms with Crippen LogP contribution in [-0.2, 0) is 27.7 Å². The quantitative estimate of drug-likeness (QED) is 0.678. The molecule has 2 heterocycles. The number of ether oxygens (including phenoxy) is 1. The van der Waals surface area contributed by atoms with Crippen molar-refractivity contribution in [2.45, 2.75) is 31.6 Å². The lowest BCUT2D eigenvalue weighted by atomic mass is 9.97. The minimum absolute atomic E-state index is 0.0805. The van der Waals surface area contributed by atoms with Crippen LogP contribution in [0, 0.1) is 0 Å². The number of sulfonamides is 1. The number of methoxy groups -OCH3 is 1. The first-order chi connectivity index (χ1) is 13.8. The van der Waals surface area contributed by atoms with Gasteiger partial charge in [0.05, 0.1) is 19.8 Å². The Kier molecular flexibility index (Phi) is 6.86. The van der Waals surface area contributed by atoms with E-state index in [1.165, 1.54) is 10.6 Å². The van der Waals surface area contributed by atoms with Gasteiger partial charge in [-0.2, -0.15) is 4.98 Å². The highest BCUT2D eigenvalue weighted by Crippen LogP contribution is 2.26. The van der Waals surface area contributed by atoms with Crippen LogP contribution < -0.4 is 10.1 Å². The Bertz CT molecular complexity index is 918. The van der Waals surface area contributed by atoms with E-state index in [0.717, 1.165) is 11.3 Å². The van der Waals surface area contributed by atoms with Crippen LogP contribution >= 0.6 is 0 Å². The summed E-state index contributed by atoms with van der Waals surface area (Å²) >= 11 is 0. The summed E-state index contributed by atoms with van der Waals surface area (Å²) in [5, 5.41) is 6.88. The highest BCUT2D eigenvalue weighted by atomic mass is 32.2. The van der Waals surface area contributed by atoms with Gasteiger partial charge in [0.15, 0.2) is 5.82 Å². The summed E-state index contributed by atoms with van der Waals surface area (Å²) in [6, 6.07) is 7.36. The van der Waals surface area contributed by atoms with Gasteiger partial charge in [0, 0.05) is 32.0 Å². The molecule has 29 heavy (non-hydrogen) atoms. The molecule has 0 unspecified atom stereocenters. The van der Waals surface area contributed by atoms with Crippen molar-refractivity contribution in [1.29, 1.82) is 0 Å². The molecule has 1 aromatic heterocycles. The third-order valence-corrected chi connectivity index (χ3v) is 6.26. The van der Waals surface area contributed by atoms with Crippen molar-refractivity contribution >= 4 is 15.9 Å². The Balaban J connectivity index is 1.42. The molecule has 0 aliphatic carbocycles. The molecule has 2 aromatic rings. The molecule has 0 saturated carbocycles. The number of nitrogens with one attached hydrogen (secondary N) is 1. The molecular formula is C19H26N4O5S. The Morgan fingerprint density at radius 1 is 1.28 bits per heavy atom. The lowest BCUT2D eigenvalue weighted by Crippen LogP contribution is -2.37. The molecule has 1 N–H and O–H groups in total. The molecule has 1 amide bonds. The van der Waals surface area contributed by atoms with Gasteiger partial charge in [-0.3, -0.25) is 4.79 Å². The summed E-state index contributed by atoms with van der Waals surface area (Å²) in [5.41, 5.74) is 0.906. The topological polar surface area (TPSA) is 115 Å². The molecule has 1 aromatic carbocycles. The zero-order chi connectivity index (χ0) is 20.9. The summed E-state index contributed by atoms with van der Waals surface area (Å²) in [6.45, 7) is 1.34. The number of rotatable bonds is 8. The first-order valence-corrected chi connectivity index (χ1v) is 11.4. The number of nitrogens with zero attached hydrogens (tertiary/aromatic N) is 3. The summed E-state index contributed by atoms with van der Waals surface area (Å²) in [4.78, 5) is 16.5. The predicted octanol–water partition coefficient (Wildman–Crippen LogP) is 1.12. The Morgan fingerprint density at radius 2 is 1.97 bits per heavy atom. The Hall–Kier alpha value is -2.46. The summed E-state index contributed by atoms with van der Waals surface area (Å²) in [5.74, 6) is 1.84. The molecule has 10 heteroatoms. The van der Waals surface area contributed by atoms with Crippen LogP contribution in [0.15, 0.2) is 28.8 Å². The molecule has 9 nitrogen and oxygen atoms in total. The van der Waals surface area contributed by atoms with Crippen LogP contribution in [0.4, 0.5) is 0 Å². The zero-order valence-electron chi connectivity index (χ0n) is 16.6. The third kappa shape index (κ3) is 6.01. The fourth-order valence-corrected chi connectivity index (χ4v) is 4.16. The predicted molar refractivity (Wildman–Crippen MR) is 106 cm³/mol. The maximum Gasteiger partial charge on any atom is 0.228 e. The van der Waals surface area contributed by atoms with Crippen LogP contribution in [0.2, 0.25) is 0 Å². The lowest BCUT2D eigenvalue weighted by Gasteiger charge is -2.28. The van der Waals surface area contributed by atoms with Crippen molar-refractivity contribution in [2.75, 3.05) is 33.0 Å². The van der Waals surface area contributed by atoms with Crippen molar-refractivity contribution in [3.8, 4) is 5.75 Å². The van der Waals surface area contributed by atoms with E-state index in [1.54, 1.807) is 7.11 Å². The molecule has 1 fully saturated rings. The van der Waals surface area contributed by atoms with Gasteiger partial charge >= 0.3 is 0 Å². The molecule has 0 spiro atoms. The van der Waals surface area contributed by atoms with Gasteiger partial charge in [-0.05, 0) is 30.5 Å². The molecule has 1 aliphatic heterocycles. The second-order valence-electron chi connectivity index (χ2n) is 7.11. The Labute approximate surface area is 170 Å². The maximum absolute atomic E-state index is 12.1. The van der Waals surface area contributed by atoms with Crippen molar-refractivity contribution < 1.29 is 22.5 Å². The number of hydrogen-bond acceptors (Lipinski definition) is 7. The molecular weight excluding hydrogens is 396 g/mol. The second-order valence-corrected chi connectivity index (χ2v) is 9.09. The van der Waals surface area contributed by atoms with Gasteiger partial charge in [0.1, 0.15) is 5.75 Å². The van der Waals surface area contributed by atoms with Crippen molar-refractivity contribution in [1.82, 2.24) is 19.8 Å². The van der Waals surface area contributed by atoms with E-state index in [1.807, 2.05) is 24.3 Å². The van der Waals surface area contributed by atoms with E-state index < -0.39 is 10.0 Å². The minimum Gasteiger partial charge on any atom is -0.497 e. The number of hydrogen-bond donors (Lipinski definition) is 1. The average molecular weight is 423 g/mol. The first kappa shape index (κ1) is 21.3. The summed E-state index contributed by atoms with van der Waals surface area (Å²) < 4.78 is 35.0. The molecule has 1 saturated heterocycles. The monoisotopic (exact) mass is 422 g/mol. The van der Waals surface area contributed by atoms with Crippen LogP contribution in [0.25, 0.3) is 0 Å². The third-order valence-electron chi connectivity index (χ3n) is 4.96. The highest BCUT2D eigenvalue weighted by Gasteiger charge is 2.28. The van der Waals surface area contributed by atoms with E-state index in [2.05, 4.69) is 15.5 Å². The van der Waals surface area contributed by atoms with Crippen molar-refractivity contribution in [2.24, 2.45) is 0 Å². The molecule has 158 valence electrons. The molecule has 0 radical (unpaired) electrons. The van der Waals surface area contributed by atoms with E-state index in [4.69, 9.17) is 9.26 Å². The van der Waals surface area contributed by atoms with Crippen LogP contribution in [0.1, 0.15) is 36.0 Å². The molecule has 3 rings (SSSR count).